The fourth-order valence-electron chi connectivity index (χ4n) is 3.32. The SMILES string of the molecule is CN(C)Cc1nnc([C@H]2CCCN(c3cc(C(F)(F)F)ccn3)C2)n1C. The Labute approximate surface area is 150 Å². The molecule has 0 N–H and O–H groups in total. The largest absolute Gasteiger partial charge is 0.416 e. The number of nitrogens with zero attached hydrogens (tertiary/aromatic N) is 6. The van der Waals surface area contributed by atoms with Gasteiger partial charge in [-0.3, -0.25) is 0 Å². The maximum Gasteiger partial charge on any atom is 0.416 e. The summed E-state index contributed by atoms with van der Waals surface area (Å²) in [5.74, 6) is 2.23. The van der Waals surface area contributed by atoms with Crippen molar-refractivity contribution in [3.8, 4) is 0 Å². The smallest absolute Gasteiger partial charge is 0.356 e. The van der Waals surface area contributed by atoms with Gasteiger partial charge in [0.15, 0.2) is 0 Å². The number of halogens is 3. The van der Waals surface area contributed by atoms with Crippen LogP contribution in [-0.2, 0) is 19.8 Å². The van der Waals surface area contributed by atoms with E-state index in [4.69, 9.17) is 0 Å². The zero-order chi connectivity index (χ0) is 18.9. The summed E-state index contributed by atoms with van der Waals surface area (Å²) in [5.41, 5.74) is -0.670. The summed E-state index contributed by atoms with van der Waals surface area (Å²) in [6, 6.07) is 2.12. The summed E-state index contributed by atoms with van der Waals surface area (Å²) in [4.78, 5) is 8.08. The van der Waals surface area contributed by atoms with Crippen molar-refractivity contribution in [1.82, 2.24) is 24.6 Å². The minimum absolute atomic E-state index is 0.119. The van der Waals surface area contributed by atoms with Crippen molar-refractivity contribution in [2.24, 2.45) is 7.05 Å². The van der Waals surface area contributed by atoms with Gasteiger partial charge in [0, 0.05) is 32.3 Å². The van der Waals surface area contributed by atoms with Gasteiger partial charge in [-0.25, -0.2) is 4.98 Å². The molecule has 0 unspecified atom stereocenters. The van der Waals surface area contributed by atoms with Crippen LogP contribution in [0.4, 0.5) is 19.0 Å². The third-order valence-electron chi connectivity index (χ3n) is 4.64. The normalized spacial score (nSPS) is 18.6. The lowest BCUT2D eigenvalue weighted by Gasteiger charge is -2.33. The zero-order valence-electron chi connectivity index (χ0n) is 15.2. The van der Waals surface area contributed by atoms with Crippen molar-refractivity contribution < 1.29 is 13.2 Å². The molecule has 6 nitrogen and oxygen atoms in total. The average molecular weight is 368 g/mol. The van der Waals surface area contributed by atoms with E-state index < -0.39 is 11.7 Å². The van der Waals surface area contributed by atoms with E-state index in [0.717, 1.165) is 36.6 Å². The van der Waals surface area contributed by atoms with Crippen molar-refractivity contribution >= 4 is 5.82 Å². The molecule has 0 bridgehead atoms. The van der Waals surface area contributed by atoms with E-state index in [1.165, 1.54) is 6.20 Å². The molecule has 1 aliphatic rings. The first-order valence-electron chi connectivity index (χ1n) is 8.57. The van der Waals surface area contributed by atoms with Gasteiger partial charge in [0.05, 0.1) is 12.1 Å². The summed E-state index contributed by atoms with van der Waals surface area (Å²) >= 11 is 0. The summed E-state index contributed by atoms with van der Waals surface area (Å²) < 4.78 is 40.9. The number of pyridine rings is 1. The van der Waals surface area contributed by atoms with Gasteiger partial charge in [0.25, 0.3) is 0 Å². The summed E-state index contributed by atoms with van der Waals surface area (Å²) in [6.07, 6.45) is -1.33. The molecule has 2 aromatic rings. The van der Waals surface area contributed by atoms with E-state index in [1.54, 1.807) is 0 Å². The van der Waals surface area contributed by atoms with E-state index in [-0.39, 0.29) is 5.92 Å². The van der Waals surface area contributed by atoms with Gasteiger partial charge in [-0.2, -0.15) is 13.2 Å². The Hall–Kier alpha value is -2.16. The zero-order valence-corrected chi connectivity index (χ0v) is 15.2. The topological polar surface area (TPSA) is 50.1 Å². The molecular formula is C17H23F3N6. The minimum Gasteiger partial charge on any atom is -0.356 e. The standard InChI is InChI=1S/C17H23F3N6/c1-24(2)11-15-22-23-16(25(15)3)12-5-4-8-26(10-12)14-9-13(6-7-21-14)17(18,19)20/h6-7,9,12H,4-5,8,10-11H2,1-3H3/t12-/m0/s1. The fourth-order valence-corrected chi connectivity index (χ4v) is 3.32. The van der Waals surface area contributed by atoms with Gasteiger partial charge < -0.3 is 14.4 Å². The van der Waals surface area contributed by atoms with E-state index in [2.05, 4.69) is 15.2 Å². The molecule has 1 atom stereocenters. The lowest BCUT2D eigenvalue weighted by atomic mass is 9.97. The second kappa shape index (κ2) is 7.22. The second-order valence-corrected chi connectivity index (χ2v) is 6.96. The Kier molecular flexibility index (Phi) is 5.17. The maximum atomic E-state index is 13.0. The van der Waals surface area contributed by atoms with E-state index in [9.17, 15) is 13.2 Å². The highest BCUT2D eigenvalue weighted by atomic mass is 19.4. The van der Waals surface area contributed by atoms with Crippen LogP contribution in [0.2, 0.25) is 0 Å². The lowest BCUT2D eigenvalue weighted by Crippen LogP contribution is -2.36. The van der Waals surface area contributed by atoms with Crippen LogP contribution >= 0.6 is 0 Å². The first kappa shape index (κ1) is 18.6. The summed E-state index contributed by atoms with van der Waals surface area (Å²) in [5, 5.41) is 8.60. The highest BCUT2D eigenvalue weighted by molar-refractivity contribution is 5.43. The van der Waals surface area contributed by atoms with Crippen molar-refractivity contribution in [2.45, 2.75) is 31.5 Å². The second-order valence-electron chi connectivity index (χ2n) is 6.96. The molecule has 0 saturated carbocycles. The fraction of sp³-hybridized carbons (Fsp3) is 0.588. The summed E-state index contributed by atoms with van der Waals surface area (Å²) in [7, 11) is 5.88. The van der Waals surface area contributed by atoms with Crippen molar-refractivity contribution in [1.29, 1.82) is 0 Å². The first-order valence-corrected chi connectivity index (χ1v) is 8.57. The third kappa shape index (κ3) is 3.98. The van der Waals surface area contributed by atoms with Crippen LogP contribution in [0, 0.1) is 0 Å². The van der Waals surface area contributed by atoms with Crippen molar-refractivity contribution in [3.63, 3.8) is 0 Å². The van der Waals surface area contributed by atoms with Crippen LogP contribution in [0.15, 0.2) is 18.3 Å². The van der Waals surface area contributed by atoms with Gasteiger partial charge in [-0.1, -0.05) is 0 Å². The highest BCUT2D eigenvalue weighted by Gasteiger charge is 2.32. The van der Waals surface area contributed by atoms with Gasteiger partial charge in [0.1, 0.15) is 17.5 Å². The maximum absolute atomic E-state index is 13.0. The monoisotopic (exact) mass is 368 g/mol. The molecule has 142 valence electrons. The molecular weight excluding hydrogens is 345 g/mol. The molecule has 0 aromatic carbocycles. The van der Waals surface area contributed by atoms with E-state index in [0.29, 0.717) is 25.5 Å². The number of aromatic nitrogens is 4. The minimum atomic E-state index is -4.36. The van der Waals surface area contributed by atoms with Crippen molar-refractivity contribution in [3.05, 3.63) is 35.5 Å². The van der Waals surface area contributed by atoms with Crippen LogP contribution in [-0.4, -0.2) is 51.8 Å². The van der Waals surface area contributed by atoms with Crippen LogP contribution in [0.1, 0.15) is 36.0 Å². The number of alkyl halides is 3. The number of anilines is 1. The number of piperidine rings is 1. The lowest BCUT2D eigenvalue weighted by molar-refractivity contribution is -0.137. The molecule has 3 rings (SSSR count). The Morgan fingerprint density at radius 2 is 2.04 bits per heavy atom. The highest BCUT2D eigenvalue weighted by Crippen LogP contribution is 2.33. The Morgan fingerprint density at radius 3 is 2.73 bits per heavy atom. The Balaban J connectivity index is 1.79. The number of hydrogen-bond acceptors (Lipinski definition) is 5. The van der Waals surface area contributed by atoms with Gasteiger partial charge in [0.2, 0.25) is 0 Å². The van der Waals surface area contributed by atoms with Crippen LogP contribution in [0.3, 0.4) is 0 Å². The molecule has 0 amide bonds. The molecule has 1 fully saturated rings. The Bertz CT molecular complexity index is 755. The van der Waals surface area contributed by atoms with Gasteiger partial charge >= 0.3 is 6.18 Å². The molecule has 3 heterocycles. The molecule has 0 spiro atoms. The molecule has 2 aromatic heterocycles. The number of hydrogen-bond donors (Lipinski definition) is 0. The molecule has 1 saturated heterocycles. The quantitative estimate of drug-likeness (QED) is 0.831. The summed E-state index contributed by atoms with van der Waals surface area (Å²) in [6.45, 7) is 1.96. The molecule has 0 radical (unpaired) electrons. The van der Waals surface area contributed by atoms with Crippen LogP contribution in [0.25, 0.3) is 0 Å². The van der Waals surface area contributed by atoms with Crippen LogP contribution < -0.4 is 4.90 Å². The van der Waals surface area contributed by atoms with Gasteiger partial charge in [-0.05, 0) is 39.1 Å². The van der Waals surface area contributed by atoms with E-state index >= 15 is 0 Å². The molecule has 26 heavy (non-hydrogen) atoms. The number of rotatable bonds is 4. The first-order chi connectivity index (χ1) is 12.3. The van der Waals surface area contributed by atoms with E-state index in [1.807, 2.05) is 35.5 Å². The van der Waals surface area contributed by atoms with Crippen molar-refractivity contribution in [2.75, 3.05) is 32.1 Å². The average Bonchev–Trinajstić information content (AvgIpc) is 2.94. The third-order valence-corrected chi connectivity index (χ3v) is 4.64. The van der Waals surface area contributed by atoms with Gasteiger partial charge in [-0.15, -0.1) is 10.2 Å². The predicted octanol–water partition coefficient (Wildman–Crippen LogP) is 2.67. The predicted molar refractivity (Wildman–Crippen MR) is 91.8 cm³/mol. The molecule has 1 aliphatic heterocycles. The van der Waals surface area contributed by atoms with Crippen LogP contribution in [0.5, 0.6) is 0 Å². The molecule has 0 aliphatic carbocycles. The Morgan fingerprint density at radius 1 is 1.27 bits per heavy atom. The molecule has 9 heteroatoms.